The van der Waals surface area contributed by atoms with Gasteiger partial charge in [0.15, 0.2) is 0 Å². The van der Waals surface area contributed by atoms with Gasteiger partial charge in [0.1, 0.15) is 6.04 Å². The first-order chi connectivity index (χ1) is 10.6. The van der Waals surface area contributed by atoms with E-state index in [9.17, 15) is 13.2 Å². The average Bonchev–Trinajstić information content (AvgIpc) is 3.03. The molecule has 1 aromatic rings. The molecule has 0 saturated carbocycles. The first-order valence-electron chi connectivity index (χ1n) is 7.62. The highest BCUT2D eigenvalue weighted by Crippen LogP contribution is 2.25. The minimum Gasteiger partial charge on any atom is -0.353 e. The molecule has 1 fully saturated rings. The summed E-state index contributed by atoms with van der Waals surface area (Å²) < 4.78 is 26.6. The van der Waals surface area contributed by atoms with Crippen LogP contribution in [0.25, 0.3) is 0 Å². The van der Waals surface area contributed by atoms with E-state index in [2.05, 4.69) is 10.6 Å². The van der Waals surface area contributed by atoms with Gasteiger partial charge >= 0.3 is 0 Å². The lowest BCUT2D eigenvalue weighted by molar-refractivity contribution is -0.124. The van der Waals surface area contributed by atoms with Gasteiger partial charge in [-0.1, -0.05) is 25.1 Å². The summed E-state index contributed by atoms with van der Waals surface area (Å²) >= 11 is 0. The molecular formula is C15H24ClN3O3S. The van der Waals surface area contributed by atoms with Gasteiger partial charge in [0, 0.05) is 19.6 Å². The lowest BCUT2D eigenvalue weighted by Gasteiger charge is -2.23. The molecule has 1 unspecified atom stereocenters. The van der Waals surface area contributed by atoms with Crippen molar-refractivity contribution in [1.29, 1.82) is 0 Å². The molecule has 1 aliphatic heterocycles. The molecule has 0 aliphatic carbocycles. The second-order valence-corrected chi connectivity index (χ2v) is 7.12. The van der Waals surface area contributed by atoms with E-state index in [1.54, 1.807) is 30.3 Å². The molecule has 1 aliphatic rings. The fourth-order valence-corrected chi connectivity index (χ4v) is 4.26. The summed E-state index contributed by atoms with van der Waals surface area (Å²) in [5.74, 6) is -0.213. The molecule has 1 aromatic carbocycles. The van der Waals surface area contributed by atoms with Crippen LogP contribution < -0.4 is 10.6 Å². The van der Waals surface area contributed by atoms with Crippen molar-refractivity contribution in [1.82, 2.24) is 14.9 Å². The maximum atomic E-state index is 12.7. The van der Waals surface area contributed by atoms with Crippen LogP contribution >= 0.6 is 12.4 Å². The van der Waals surface area contributed by atoms with E-state index in [1.165, 1.54) is 4.31 Å². The number of amides is 1. The van der Waals surface area contributed by atoms with Crippen molar-refractivity contribution in [2.45, 2.75) is 30.7 Å². The lowest BCUT2D eigenvalue weighted by atomic mass is 10.2. The number of hydrogen-bond acceptors (Lipinski definition) is 4. The van der Waals surface area contributed by atoms with E-state index in [4.69, 9.17) is 0 Å². The Hall–Kier alpha value is -1.15. The van der Waals surface area contributed by atoms with Gasteiger partial charge in [-0.15, -0.1) is 12.4 Å². The van der Waals surface area contributed by atoms with Gasteiger partial charge in [-0.25, -0.2) is 8.42 Å². The van der Waals surface area contributed by atoms with Gasteiger partial charge in [0.25, 0.3) is 0 Å². The molecule has 1 amide bonds. The SMILES string of the molecule is CCNCCNC(=O)C1CCCN1S(=O)(=O)c1ccccc1.Cl. The Morgan fingerprint density at radius 3 is 2.61 bits per heavy atom. The van der Waals surface area contributed by atoms with Crippen LogP contribution in [0.1, 0.15) is 19.8 Å². The molecule has 6 nitrogen and oxygen atoms in total. The molecule has 1 saturated heterocycles. The number of rotatable bonds is 7. The fourth-order valence-electron chi connectivity index (χ4n) is 2.59. The number of sulfonamides is 1. The zero-order valence-corrected chi connectivity index (χ0v) is 14.8. The van der Waals surface area contributed by atoms with Crippen molar-refractivity contribution in [3.63, 3.8) is 0 Å². The van der Waals surface area contributed by atoms with Crippen LogP contribution in [-0.4, -0.2) is 50.9 Å². The van der Waals surface area contributed by atoms with Gasteiger partial charge < -0.3 is 10.6 Å². The van der Waals surface area contributed by atoms with E-state index < -0.39 is 16.1 Å². The fraction of sp³-hybridized carbons (Fsp3) is 0.533. The molecule has 0 radical (unpaired) electrons. The molecule has 8 heteroatoms. The predicted molar refractivity (Wildman–Crippen MR) is 92.2 cm³/mol. The smallest absolute Gasteiger partial charge is 0.243 e. The minimum absolute atomic E-state index is 0. The topological polar surface area (TPSA) is 78.5 Å². The maximum absolute atomic E-state index is 12.7. The van der Waals surface area contributed by atoms with E-state index in [-0.39, 0.29) is 23.2 Å². The molecule has 1 heterocycles. The Morgan fingerprint density at radius 2 is 1.96 bits per heavy atom. The number of nitrogens with zero attached hydrogens (tertiary/aromatic N) is 1. The third kappa shape index (κ3) is 4.91. The van der Waals surface area contributed by atoms with Crippen molar-refractivity contribution in [3.05, 3.63) is 30.3 Å². The zero-order chi connectivity index (χ0) is 16.0. The number of carbonyl (C=O) groups excluding carboxylic acids is 1. The van der Waals surface area contributed by atoms with Gasteiger partial charge in [-0.2, -0.15) is 4.31 Å². The molecule has 0 spiro atoms. The van der Waals surface area contributed by atoms with Crippen LogP contribution in [0.15, 0.2) is 35.2 Å². The minimum atomic E-state index is -3.61. The largest absolute Gasteiger partial charge is 0.353 e. The third-order valence-corrected chi connectivity index (χ3v) is 5.63. The average molecular weight is 362 g/mol. The maximum Gasteiger partial charge on any atom is 0.243 e. The monoisotopic (exact) mass is 361 g/mol. The van der Waals surface area contributed by atoms with Crippen LogP contribution in [0.3, 0.4) is 0 Å². The van der Waals surface area contributed by atoms with E-state index in [0.717, 1.165) is 6.54 Å². The lowest BCUT2D eigenvalue weighted by Crippen LogP contribution is -2.47. The van der Waals surface area contributed by atoms with Crippen LogP contribution in [0.4, 0.5) is 0 Å². The third-order valence-electron chi connectivity index (χ3n) is 3.71. The predicted octanol–water partition coefficient (Wildman–Crippen LogP) is 0.987. The Morgan fingerprint density at radius 1 is 1.26 bits per heavy atom. The zero-order valence-electron chi connectivity index (χ0n) is 13.2. The standard InChI is InChI=1S/C15H23N3O3S.ClH/c1-2-16-10-11-17-15(19)14-9-6-12-18(14)22(20,21)13-7-4-3-5-8-13;/h3-5,7-8,14,16H,2,6,9-12H2,1H3,(H,17,19);1H. The van der Waals surface area contributed by atoms with Crippen molar-refractivity contribution in [3.8, 4) is 0 Å². The Bertz CT molecular complexity index is 595. The second kappa shape index (κ2) is 9.22. The van der Waals surface area contributed by atoms with Crippen LogP contribution in [0.5, 0.6) is 0 Å². The normalized spacial score (nSPS) is 18.4. The molecule has 0 bridgehead atoms. The summed E-state index contributed by atoms with van der Waals surface area (Å²) in [5.41, 5.74) is 0. The van der Waals surface area contributed by atoms with Crippen LogP contribution in [0, 0.1) is 0 Å². The van der Waals surface area contributed by atoms with Crippen molar-refractivity contribution in [2.75, 3.05) is 26.2 Å². The summed E-state index contributed by atoms with van der Waals surface area (Å²) in [5, 5.41) is 5.92. The Balaban J connectivity index is 0.00000264. The van der Waals surface area contributed by atoms with E-state index in [1.807, 2.05) is 6.92 Å². The van der Waals surface area contributed by atoms with Crippen molar-refractivity contribution < 1.29 is 13.2 Å². The van der Waals surface area contributed by atoms with Crippen LogP contribution in [-0.2, 0) is 14.8 Å². The summed E-state index contributed by atoms with van der Waals surface area (Å²) in [6, 6.07) is 7.67. The van der Waals surface area contributed by atoms with Crippen LogP contribution in [0.2, 0.25) is 0 Å². The number of halogens is 1. The molecule has 0 aromatic heterocycles. The van der Waals surface area contributed by atoms with Crippen molar-refractivity contribution >= 4 is 28.3 Å². The summed E-state index contributed by atoms with van der Waals surface area (Å²) in [6.07, 6.45) is 1.27. The molecule has 2 N–H and O–H groups in total. The molecule has 130 valence electrons. The highest BCUT2D eigenvalue weighted by atomic mass is 35.5. The Kier molecular flexibility index (Phi) is 7.98. The highest BCUT2D eigenvalue weighted by Gasteiger charge is 2.39. The van der Waals surface area contributed by atoms with E-state index in [0.29, 0.717) is 32.5 Å². The Labute approximate surface area is 144 Å². The number of nitrogens with one attached hydrogen (secondary N) is 2. The van der Waals surface area contributed by atoms with Gasteiger partial charge in [-0.3, -0.25) is 4.79 Å². The molecule has 2 rings (SSSR count). The first-order valence-corrected chi connectivity index (χ1v) is 9.06. The molecular weight excluding hydrogens is 338 g/mol. The highest BCUT2D eigenvalue weighted by molar-refractivity contribution is 7.89. The van der Waals surface area contributed by atoms with Gasteiger partial charge in [0.05, 0.1) is 4.90 Å². The second-order valence-electron chi connectivity index (χ2n) is 5.23. The summed E-state index contributed by atoms with van der Waals surface area (Å²) in [6.45, 7) is 4.41. The number of likely N-dealkylation sites (N-methyl/N-ethyl adjacent to an activating group) is 1. The number of carbonyl (C=O) groups is 1. The van der Waals surface area contributed by atoms with Gasteiger partial charge in [0.2, 0.25) is 15.9 Å². The molecule has 23 heavy (non-hydrogen) atoms. The first kappa shape index (κ1) is 19.9. The summed E-state index contributed by atoms with van der Waals surface area (Å²) in [4.78, 5) is 12.5. The van der Waals surface area contributed by atoms with Gasteiger partial charge in [-0.05, 0) is 31.5 Å². The molecule has 1 atom stereocenters. The number of benzene rings is 1. The van der Waals surface area contributed by atoms with E-state index >= 15 is 0 Å². The summed E-state index contributed by atoms with van der Waals surface area (Å²) in [7, 11) is -3.61. The number of hydrogen-bond donors (Lipinski definition) is 2. The quantitative estimate of drug-likeness (QED) is 0.710. The van der Waals surface area contributed by atoms with Crippen molar-refractivity contribution in [2.24, 2.45) is 0 Å².